The van der Waals surface area contributed by atoms with Crippen molar-refractivity contribution in [3.8, 4) is 5.75 Å². The van der Waals surface area contributed by atoms with Crippen molar-refractivity contribution in [2.75, 3.05) is 6.54 Å². The third-order valence-corrected chi connectivity index (χ3v) is 3.28. The van der Waals surface area contributed by atoms with Crippen LogP contribution in [0.3, 0.4) is 0 Å². The fourth-order valence-corrected chi connectivity index (χ4v) is 2.32. The highest BCUT2D eigenvalue weighted by atomic mass is 19.1. The summed E-state index contributed by atoms with van der Waals surface area (Å²) in [5.41, 5.74) is 1.48. The molecule has 2 aromatic rings. The second kappa shape index (κ2) is 7.18. The second-order valence-electron chi connectivity index (χ2n) is 5.08. The SMILES string of the molecule is CCCNC(Cc1cccc(O)c1)c1cc(F)cc(F)c1. The topological polar surface area (TPSA) is 32.3 Å². The molecular formula is C17H19F2NO. The monoisotopic (exact) mass is 291 g/mol. The molecule has 2 N–H and O–H groups in total. The zero-order valence-corrected chi connectivity index (χ0v) is 11.9. The fraction of sp³-hybridized carbons (Fsp3) is 0.294. The van der Waals surface area contributed by atoms with Crippen molar-refractivity contribution in [1.29, 1.82) is 0 Å². The van der Waals surface area contributed by atoms with E-state index in [0.717, 1.165) is 24.6 Å². The van der Waals surface area contributed by atoms with Crippen LogP contribution in [0.2, 0.25) is 0 Å². The van der Waals surface area contributed by atoms with E-state index in [0.29, 0.717) is 12.0 Å². The fourth-order valence-electron chi connectivity index (χ4n) is 2.32. The van der Waals surface area contributed by atoms with E-state index in [1.54, 1.807) is 18.2 Å². The van der Waals surface area contributed by atoms with Gasteiger partial charge in [-0.05, 0) is 54.8 Å². The lowest BCUT2D eigenvalue weighted by Gasteiger charge is -2.19. The van der Waals surface area contributed by atoms with E-state index in [1.165, 1.54) is 12.1 Å². The van der Waals surface area contributed by atoms with Crippen LogP contribution in [0.25, 0.3) is 0 Å². The average Bonchev–Trinajstić information content (AvgIpc) is 2.42. The third kappa shape index (κ3) is 4.53. The molecule has 1 atom stereocenters. The maximum Gasteiger partial charge on any atom is 0.126 e. The molecule has 2 rings (SSSR count). The average molecular weight is 291 g/mol. The molecule has 0 bridgehead atoms. The summed E-state index contributed by atoms with van der Waals surface area (Å²) >= 11 is 0. The van der Waals surface area contributed by atoms with Gasteiger partial charge in [-0.15, -0.1) is 0 Å². The molecule has 0 aliphatic heterocycles. The van der Waals surface area contributed by atoms with Crippen LogP contribution in [-0.2, 0) is 6.42 Å². The van der Waals surface area contributed by atoms with Crippen molar-refractivity contribution in [1.82, 2.24) is 5.32 Å². The van der Waals surface area contributed by atoms with Crippen molar-refractivity contribution in [3.05, 3.63) is 65.2 Å². The molecule has 1 unspecified atom stereocenters. The van der Waals surface area contributed by atoms with Crippen LogP contribution in [0.15, 0.2) is 42.5 Å². The Morgan fingerprint density at radius 1 is 1.10 bits per heavy atom. The van der Waals surface area contributed by atoms with Crippen molar-refractivity contribution < 1.29 is 13.9 Å². The van der Waals surface area contributed by atoms with Gasteiger partial charge >= 0.3 is 0 Å². The molecule has 0 radical (unpaired) electrons. The normalized spacial score (nSPS) is 12.3. The molecule has 112 valence electrons. The van der Waals surface area contributed by atoms with Crippen LogP contribution in [-0.4, -0.2) is 11.7 Å². The summed E-state index contributed by atoms with van der Waals surface area (Å²) in [5.74, 6) is -0.972. The highest BCUT2D eigenvalue weighted by Gasteiger charge is 2.14. The minimum atomic E-state index is -0.579. The minimum absolute atomic E-state index is 0.187. The third-order valence-electron chi connectivity index (χ3n) is 3.28. The number of aromatic hydroxyl groups is 1. The first-order chi connectivity index (χ1) is 10.1. The lowest BCUT2D eigenvalue weighted by atomic mass is 9.98. The second-order valence-corrected chi connectivity index (χ2v) is 5.08. The minimum Gasteiger partial charge on any atom is -0.508 e. The van der Waals surface area contributed by atoms with Gasteiger partial charge in [-0.2, -0.15) is 0 Å². The summed E-state index contributed by atoms with van der Waals surface area (Å²) in [4.78, 5) is 0. The molecule has 0 aromatic heterocycles. The van der Waals surface area contributed by atoms with Crippen LogP contribution in [0.1, 0.15) is 30.5 Å². The van der Waals surface area contributed by atoms with E-state index in [1.807, 2.05) is 13.0 Å². The van der Waals surface area contributed by atoms with Crippen molar-refractivity contribution in [2.24, 2.45) is 0 Å². The van der Waals surface area contributed by atoms with Gasteiger partial charge in [-0.25, -0.2) is 8.78 Å². The summed E-state index contributed by atoms with van der Waals surface area (Å²) in [6.45, 7) is 2.78. The molecule has 0 aliphatic rings. The summed E-state index contributed by atoms with van der Waals surface area (Å²) in [5, 5.41) is 12.8. The maximum atomic E-state index is 13.4. The molecule has 0 amide bonds. The van der Waals surface area contributed by atoms with Gasteiger partial charge in [-0.3, -0.25) is 0 Å². The Morgan fingerprint density at radius 3 is 2.43 bits per heavy atom. The van der Waals surface area contributed by atoms with E-state index >= 15 is 0 Å². The van der Waals surface area contributed by atoms with E-state index in [9.17, 15) is 13.9 Å². The number of rotatable bonds is 6. The molecule has 2 nitrogen and oxygen atoms in total. The molecule has 2 aromatic carbocycles. The number of hydrogen-bond acceptors (Lipinski definition) is 2. The van der Waals surface area contributed by atoms with Crippen LogP contribution >= 0.6 is 0 Å². The van der Waals surface area contributed by atoms with Crippen LogP contribution in [0, 0.1) is 11.6 Å². The number of nitrogens with one attached hydrogen (secondary N) is 1. The molecule has 21 heavy (non-hydrogen) atoms. The summed E-state index contributed by atoms with van der Waals surface area (Å²) in [7, 11) is 0. The lowest BCUT2D eigenvalue weighted by Crippen LogP contribution is -2.24. The van der Waals surface area contributed by atoms with Crippen molar-refractivity contribution in [3.63, 3.8) is 0 Å². The first-order valence-corrected chi connectivity index (χ1v) is 7.05. The van der Waals surface area contributed by atoms with E-state index in [4.69, 9.17) is 0 Å². The summed E-state index contributed by atoms with van der Waals surface area (Å²) < 4.78 is 26.8. The highest BCUT2D eigenvalue weighted by molar-refractivity contribution is 5.30. The van der Waals surface area contributed by atoms with Gasteiger partial charge in [0, 0.05) is 12.1 Å². The van der Waals surface area contributed by atoms with Gasteiger partial charge in [0.15, 0.2) is 0 Å². The molecule has 0 fully saturated rings. The summed E-state index contributed by atoms with van der Waals surface area (Å²) in [6, 6.07) is 10.3. The van der Waals surface area contributed by atoms with Gasteiger partial charge in [-0.1, -0.05) is 19.1 Å². The van der Waals surface area contributed by atoms with Crippen molar-refractivity contribution >= 4 is 0 Å². The van der Waals surface area contributed by atoms with E-state index in [2.05, 4.69) is 5.32 Å². The van der Waals surface area contributed by atoms with Gasteiger partial charge in [0.1, 0.15) is 17.4 Å². The Hall–Kier alpha value is -1.94. The highest BCUT2D eigenvalue weighted by Crippen LogP contribution is 2.22. The lowest BCUT2D eigenvalue weighted by molar-refractivity contribution is 0.472. The number of benzene rings is 2. The maximum absolute atomic E-state index is 13.4. The zero-order chi connectivity index (χ0) is 15.2. The zero-order valence-electron chi connectivity index (χ0n) is 11.9. The number of phenolic OH excluding ortho intramolecular Hbond substituents is 1. The number of halogens is 2. The molecular weight excluding hydrogens is 272 g/mol. The van der Waals surface area contributed by atoms with Crippen molar-refractivity contribution in [2.45, 2.75) is 25.8 Å². The number of phenols is 1. The van der Waals surface area contributed by atoms with Crippen LogP contribution in [0.5, 0.6) is 5.75 Å². The predicted molar refractivity (Wildman–Crippen MR) is 79.2 cm³/mol. The number of hydrogen-bond donors (Lipinski definition) is 2. The largest absolute Gasteiger partial charge is 0.508 e. The standard InChI is InChI=1S/C17H19F2NO/c1-2-6-20-17(8-12-4-3-5-16(21)7-12)13-9-14(18)11-15(19)10-13/h3-5,7,9-11,17,20-21H,2,6,8H2,1H3. The molecule has 0 heterocycles. The molecule has 0 spiro atoms. The first-order valence-electron chi connectivity index (χ1n) is 7.05. The summed E-state index contributed by atoms with van der Waals surface area (Å²) in [6.07, 6.45) is 1.48. The predicted octanol–water partition coefficient (Wildman–Crippen LogP) is 3.95. The van der Waals surface area contributed by atoms with Crippen LogP contribution < -0.4 is 5.32 Å². The Morgan fingerprint density at radius 2 is 1.81 bits per heavy atom. The van der Waals surface area contributed by atoms with Gasteiger partial charge < -0.3 is 10.4 Å². The Bertz CT molecular complexity index is 581. The first kappa shape index (κ1) is 15.4. The Kier molecular flexibility index (Phi) is 5.28. The quantitative estimate of drug-likeness (QED) is 0.844. The van der Waals surface area contributed by atoms with E-state index < -0.39 is 11.6 Å². The van der Waals surface area contributed by atoms with E-state index in [-0.39, 0.29) is 11.8 Å². The Balaban J connectivity index is 2.25. The molecule has 0 saturated carbocycles. The molecule has 0 saturated heterocycles. The smallest absolute Gasteiger partial charge is 0.126 e. The van der Waals surface area contributed by atoms with Gasteiger partial charge in [0.25, 0.3) is 0 Å². The molecule has 0 aliphatic carbocycles. The van der Waals surface area contributed by atoms with Crippen LogP contribution in [0.4, 0.5) is 8.78 Å². The van der Waals surface area contributed by atoms with Gasteiger partial charge in [0.05, 0.1) is 0 Å². The molecule has 4 heteroatoms. The van der Waals surface area contributed by atoms with Gasteiger partial charge in [0.2, 0.25) is 0 Å². The Labute approximate surface area is 123 Å².